The van der Waals surface area contributed by atoms with Crippen molar-refractivity contribution in [1.29, 1.82) is 0 Å². The van der Waals surface area contributed by atoms with Gasteiger partial charge in [0.15, 0.2) is 5.78 Å². The molecule has 60 valence electrons. The Balaban J connectivity index is 2.65. The first-order chi connectivity index (χ1) is 5.79. The van der Waals surface area contributed by atoms with E-state index in [1.807, 2.05) is 0 Å². The van der Waals surface area contributed by atoms with Gasteiger partial charge in [0.1, 0.15) is 5.82 Å². The van der Waals surface area contributed by atoms with E-state index >= 15 is 0 Å². The Morgan fingerprint density at radius 3 is 3.00 bits per heavy atom. The van der Waals surface area contributed by atoms with Crippen LogP contribution in [0.4, 0.5) is 4.39 Å². The number of carbonyl (C=O) groups is 1. The predicted octanol–water partition coefficient (Wildman–Crippen LogP) is 1.52. The lowest BCUT2D eigenvalue weighted by molar-refractivity contribution is 0.104. The summed E-state index contributed by atoms with van der Waals surface area (Å²) in [5.41, 5.74) is 0.843. The number of pyridine rings is 1. The van der Waals surface area contributed by atoms with Crippen LogP contribution in [0.2, 0.25) is 0 Å². The fourth-order valence-corrected chi connectivity index (χ4v) is 1.26. The second-order valence-corrected chi connectivity index (χ2v) is 2.62. The molecule has 0 amide bonds. The maximum absolute atomic E-state index is 13.0. The SMILES string of the molecule is O=C1C=CCc2c(F)cncc21. The largest absolute Gasteiger partial charge is 0.289 e. The van der Waals surface area contributed by atoms with Crippen LogP contribution in [-0.2, 0) is 6.42 Å². The second kappa shape index (κ2) is 2.52. The number of aromatic nitrogens is 1. The zero-order valence-electron chi connectivity index (χ0n) is 6.25. The molecule has 0 aromatic carbocycles. The van der Waals surface area contributed by atoms with Crippen LogP contribution in [0.5, 0.6) is 0 Å². The van der Waals surface area contributed by atoms with Crippen molar-refractivity contribution in [1.82, 2.24) is 4.98 Å². The van der Waals surface area contributed by atoms with Gasteiger partial charge in [0, 0.05) is 17.3 Å². The standard InChI is InChI=1S/C9H6FNO/c10-8-5-11-4-7-6(8)2-1-3-9(7)12/h1,3-5H,2H2. The molecule has 1 aliphatic rings. The first-order valence-corrected chi connectivity index (χ1v) is 3.62. The van der Waals surface area contributed by atoms with Gasteiger partial charge < -0.3 is 0 Å². The number of allylic oxidation sites excluding steroid dienone is 2. The van der Waals surface area contributed by atoms with Gasteiger partial charge in [-0.1, -0.05) is 6.08 Å². The van der Waals surface area contributed by atoms with Gasteiger partial charge in [-0.25, -0.2) is 4.39 Å². The van der Waals surface area contributed by atoms with Crippen molar-refractivity contribution in [3.63, 3.8) is 0 Å². The molecular weight excluding hydrogens is 157 g/mol. The third kappa shape index (κ3) is 0.942. The summed E-state index contributed by atoms with van der Waals surface area (Å²) in [4.78, 5) is 14.8. The Kier molecular flexibility index (Phi) is 1.50. The summed E-state index contributed by atoms with van der Waals surface area (Å²) in [5, 5.41) is 0. The Bertz CT molecular complexity index is 371. The van der Waals surface area contributed by atoms with E-state index in [0.29, 0.717) is 17.5 Å². The first-order valence-electron chi connectivity index (χ1n) is 3.62. The number of hydrogen-bond acceptors (Lipinski definition) is 2. The Hall–Kier alpha value is -1.51. The van der Waals surface area contributed by atoms with Gasteiger partial charge in [-0.3, -0.25) is 9.78 Å². The number of rotatable bonds is 0. The van der Waals surface area contributed by atoms with E-state index in [1.54, 1.807) is 6.08 Å². The van der Waals surface area contributed by atoms with E-state index in [2.05, 4.69) is 4.98 Å². The van der Waals surface area contributed by atoms with Crippen LogP contribution in [0.1, 0.15) is 15.9 Å². The molecule has 0 aliphatic heterocycles. The summed E-state index contributed by atoms with van der Waals surface area (Å²) in [6.45, 7) is 0. The minimum atomic E-state index is -0.398. The molecule has 1 aromatic heterocycles. The van der Waals surface area contributed by atoms with Gasteiger partial charge in [-0.2, -0.15) is 0 Å². The molecular formula is C9H6FNO. The number of ketones is 1. The maximum atomic E-state index is 13.0. The summed E-state index contributed by atoms with van der Waals surface area (Å²) in [6, 6.07) is 0. The van der Waals surface area contributed by atoms with Crippen LogP contribution >= 0.6 is 0 Å². The van der Waals surface area contributed by atoms with Crippen LogP contribution in [0.3, 0.4) is 0 Å². The molecule has 0 bridgehead atoms. The molecule has 0 N–H and O–H groups in total. The average molecular weight is 163 g/mol. The van der Waals surface area contributed by atoms with E-state index in [9.17, 15) is 9.18 Å². The maximum Gasteiger partial charge on any atom is 0.187 e. The van der Waals surface area contributed by atoms with Gasteiger partial charge in [-0.05, 0) is 12.5 Å². The van der Waals surface area contributed by atoms with Crippen LogP contribution < -0.4 is 0 Å². The van der Waals surface area contributed by atoms with Crippen molar-refractivity contribution < 1.29 is 9.18 Å². The quantitative estimate of drug-likeness (QED) is 0.580. The topological polar surface area (TPSA) is 30.0 Å². The first kappa shape index (κ1) is 7.16. The number of carbonyl (C=O) groups excluding carboxylic acids is 1. The fourth-order valence-electron chi connectivity index (χ4n) is 1.26. The highest BCUT2D eigenvalue weighted by Crippen LogP contribution is 2.17. The number of fused-ring (bicyclic) bond motifs is 1. The van der Waals surface area contributed by atoms with Crippen LogP contribution in [0.15, 0.2) is 24.5 Å². The lowest BCUT2D eigenvalue weighted by atomic mass is 9.98. The lowest BCUT2D eigenvalue weighted by Gasteiger charge is -2.08. The zero-order valence-corrected chi connectivity index (χ0v) is 6.25. The van der Waals surface area contributed by atoms with Crippen LogP contribution in [0.25, 0.3) is 0 Å². The Morgan fingerprint density at radius 1 is 1.42 bits per heavy atom. The van der Waals surface area contributed by atoms with Gasteiger partial charge in [-0.15, -0.1) is 0 Å². The summed E-state index contributed by atoms with van der Waals surface area (Å²) in [6.07, 6.45) is 6.13. The Labute approximate surface area is 68.7 Å². The van der Waals surface area contributed by atoms with Gasteiger partial charge in [0.2, 0.25) is 0 Å². The molecule has 0 fully saturated rings. The Morgan fingerprint density at radius 2 is 2.25 bits per heavy atom. The molecule has 3 heteroatoms. The van der Waals surface area contributed by atoms with E-state index in [1.165, 1.54) is 12.3 Å². The average Bonchev–Trinajstić information content (AvgIpc) is 2.07. The predicted molar refractivity (Wildman–Crippen MR) is 41.4 cm³/mol. The fraction of sp³-hybridized carbons (Fsp3) is 0.111. The van der Waals surface area contributed by atoms with E-state index in [4.69, 9.17) is 0 Å². The lowest BCUT2D eigenvalue weighted by Crippen LogP contribution is -2.08. The zero-order chi connectivity index (χ0) is 8.55. The molecule has 0 spiro atoms. The van der Waals surface area contributed by atoms with Crippen molar-refractivity contribution in [2.24, 2.45) is 0 Å². The van der Waals surface area contributed by atoms with E-state index in [-0.39, 0.29) is 5.78 Å². The molecule has 0 radical (unpaired) electrons. The van der Waals surface area contributed by atoms with Crippen LogP contribution in [-0.4, -0.2) is 10.8 Å². The number of nitrogens with zero attached hydrogens (tertiary/aromatic N) is 1. The highest BCUT2D eigenvalue weighted by atomic mass is 19.1. The molecule has 0 unspecified atom stereocenters. The second-order valence-electron chi connectivity index (χ2n) is 2.62. The number of halogens is 1. The van der Waals surface area contributed by atoms with Gasteiger partial charge >= 0.3 is 0 Å². The monoisotopic (exact) mass is 163 g/mol. The highest BCUT2D eigenvalue weighted by Gasteiger charge is 2.15. The van der Waals surface area contributed by atoms with E-state index in [0.717, 1.165) is 6.20 Å². The molecule has 2 nitrogen and oxygen atoms in total. The molecule has 1 aromatic rings. The molecule has 2 rings (SSSR count). The molecule has 12 heavy (non-hydrogen) atoms. The molecule has 1 aliphatic carbocycles. The van der Waals surface area contributed by atoms with Gasteiger partial charge in [0.05, 0.1) is 6.20 Å². The molecule has 0 saturated carbocycles. The smallest absolute Gasteiger partial charge is 0.187 e. The van der Waals surface area contributed by atoms with Gasteiger partial charge in [0.25, 0.3) is 0 Å². The minimum Gasteiger partial charge on any atom is -0.289 e. The normalized spacial score (nSPS) is 14.6. The minimum absolute atomic E-state index is 0.164. The summed E-state index contributed by atoms with van der Waals surface area (Å²) >= 11 is 0. The van der Waals surface area contributed by atoms with Crippen molar-refractivity contribution in [2.45, 2.75) is 6.42 Å². The van der Waals surface area contributed by atoms with Crippen LogP contribution in [0, 0.1) is 5.82 Å². The van der Waals surface area contributed by atoms with E-state index < -0.39 is 5.82 Å². The summed E-state index contributed by atoms with van der Waals surface area (Å²) < 4.78 is 13.0. The molecule has 1 heterocycles. The van der Waals surface area contributed by atoms with Crippen molar-refractivity contribution in [3.05, 3.63) is 41.5 Å². The highest BCUT2D eigenvalue weighted by molar-refractivity contribution is 6.06. The van der Waals surface area contributed by atoms with Crippen molar-refractivity contribution >= 4 is 5.78 Å². The molecule has 0 saturated heterocycles. The number of hydrogen-bond donors (Lipinski definition) is 0. The summed E-state index contributed by atoms with van der Waals surface area (Å²) in [7, 11) is 0. The third-order valence-corrected chi connectivity index (χ3v) is 1.86. The summed E-state index contributed by atoms with van der Waals surface area (Å²) in [5.74, 6) is -0.562. The van der Waals surface area contributed by atoms with Crippen molar-refractivity contribution in [2.75, 3.05) is 0 Å². The van der Waals surface area contributed by atoms with Crippen molar-refractivity contribution in [3.8, 4) is 0 Å². The molecule has 0 atom stereocenters. The third-order valence-electron chi connectivity index (χ3n) is 1.86.